The lowest BCUT2D eigenvalue weighted by atomic mass is 10.3. The summed E-state index contributed by atoms with van der Waals surface area (Å²) in [6, 6.07) is 6.07. The molecule has 0 bridgehead atoms. The lowest BCUT2D eigenvalue weighted by Gasteiger charge is -2.35. The maximum Gasteiger partial charge on any atom is 0.328 e. The number of rotatable bonds is 6. The molecule has 2 aliphatic rings. The average molecular weight is 396 g/mol. The fourth-order valence-corrected chi connectivity index (χ4v) is 4.57. The minimum atomic E-state index is -3.58. The maximum atomic E-state index is 12.8. The second-order valence-electron chi connectivity index (χ2n) is 6.53. The molecule has 2 fully saturated rings. The van der Waals surface area contributed by atoms with Crippen LogP contribution in [-0.4, -0.2) is 92.4 Å². The first-order chi connectivity index (χ1) is 12.8. The van der Waals surface area contributed by atoms with Gasteiger partial charge in [-0.2, -0.15) is 4.31 Å². The van der Waals surface area contributed by atoms with Crippen molar-refractivity contribution in [1.82, 2.24) is 19.0 Å². The lowest BCUT2D eigenvalue weighted by molar-refractivity contribution is -0.126. The number of imide groups is 1. The number of sulfonamides is 1. The van der Waals surface area contributed by atoms with Crippen LogP contribution in [0.2, 0.25) is 0 Å². The van der Waals surface area contributed by atoms with Crippen molar-refractivity contribution < 1.29 is 22.7 Å². The largest absolute Gasteiger partial charge is 0.494 e. The summed E-state index contributed by atoms with van der Waals surface area (Å²) in [6.07, 6.45) is 0. The molecule has 0 aliphatic carbocycles. The van der Waals surface area contributed by atoms with E-state index in [1.165, 1.54) is 14.1 Å². The Balaban J connectivity index is 1.59. The van der Waals surface area contributed by atoms with Gasteiger partial charge in [-0.3, -0.25) is 9.69 Å². The molecule has 1 aromatic rings. The number of hydrogen-bond acceptors (Lipinski definition) is 6. The molecule has 27 heavy (non-hydrogen) atoms. The maximum absolute atomic E-state index is 12.8. The average Bonchev–Trinajstić information content (AvgIpc) is 2.89. The van der Waals surface area contributed by atoms with Crippen LogP contribution in [0.4, 0.5) is 4.79 Å². The predicted octanol–water partition coefficient (Wildman–Crippen LogP) is 0.243. The first-order valence-electron chi connectivity index (χ1n) is 8.83. The molecule has 0 aromatic heterocycles. The Morgan fingerprint density at radius 2 is 1.67 bits per heavy atom. The van der Waals surface area contributed by atoms with Gasteiger partial charge in [0.15, 0.2) is 0 Å². The minimum absolute atomic E-state index is 0.0882. The van der Waals surface area contributed by atoms with Crippen LogP contribution in [0.25, 0.3) is 0 Å². The van der Waals surface area contributed by atoms with Crippen molar-refractivity contribution in [2.24, 2.45) is 0 Å². The van der Waals surface area contributed by atoms with Gasteiger partial charge in [-0.1, -0.05) is 0 Å². The Morgan fingerprint density at radius 3 is 2.19 bits per heavy atom. The van der Waals surface area contributed by atoms with Crippen molar-refractivity contribution in [3.63, 3.8) is 0 Å². The highest BCUT2D eigenvalue weighted by Crippen LogP contribution is 2.21. The van der Waals surface area contributed by atoms with E-state index in [4.69, 9.17) is 4.74 Å². The zero-order valence-corrected chi connectivity index (χ0v) is 16.3. The quantitative estimate of drug-likeness (QED) is 0.640. The Bertz CT molecular complexity index is 803. The van der Waals surface area contributed by atoms with Gasteiger partial charge >= 0.3 is 6.03 Å². The second-order valence-corrected chi connectivity index (χ2v) is 8.47. The van der Waals surface area contributed by atoms with E-state index in [-0.39, 0.29) is 30.0 Å². The Hall–Kier alpha value is -2.17. The summed E-state index contributed by atoms with van der Waals surface area (Å²) in [7, 11) is -1.99. The SMILES string of the molecule is CCOc1ccc(S(=O)(=O)N2CCN(CN3C(=O)CN(C)C3=O)CC2)cc1. The summed E-state index contributed by atoms with van der Waals surface area (Å²) >= 11 is 0. The number of likely N-dealkylation sites (N-methyl/N-ethyl adjacent to an activating group) is 1. The van der Waals surface area contributed by atoms with Crippen LogP contribution < -0.4 is 4.74 Å². The number of hydrogen-bond donors (Lipinski definition) is 0. The van der Waals surface area contributed by atoms with Crippen LogP contribution in [0.1, 0.15) is 6.92 Å². The number of carbonyl (C=O) groups excluding carboxylic acids is 2. The molecule has 1 aromatic carbocycles. The van der Waals surface area contributed by atoms with Crippen LogP contribution in [0.5, 0.6) is 5.75 Å². The van der Waals surface area contributed by atoms with Crippen LogP contribution >= 0.6 is 0 Å². The summed E-state index contributed by atoms with van der Waals surface area (Å²) in [5, 5.41) is 0. The number of carbonyl (C=O) groups is 2. The van der Waals surface area contributed by atoms with Gasteiger partial charge in [-0.05, 0) is 31.2 Å². The third-order valence-corrected chi connectivity index (χ3v) is 6.59. The smallest absolute Gasteiger partial charge is 0.328 e. The van der Waals surface area contributed by atoms with Crippen molar-refractivity contribution in [2.75, 3.05) is 53.0 Å². The van der Waals surface area contributed by atoms with Gasteiger partial charge in [-0.25, -0.2) is 18.1 Å². The van der Waals surface area contributed by atoms with Gasteiger partial charge in [0.25, 0.3) is 5.91 Å². The van der Waals surface area contributed by atoms with E-state index < -0.39 is 10.0 Å². The standard InChI is InChI=1S/C17H24N4O5S/c1-3-26-14-4-6-15(7-5-14)27(24,25)20-10-8-19(9-11-20)13-21-16(22)12-18(2)17(21)23/h4-7H,3,8-13H2,1-2H3. The molecule has 0 N–H and O–H groups in total. The molecular formula is C17H24N4O5S. The van der Waals surface area contributed by atoms with Crippen LogP contribution in [0.3, 0.4) is 0 Å². The molecule has 2 aliphatic heterocycles. The van der Waals surface area contributed by atoms with Crippen LogP contribution in [-0.2, 0) is 14.8 Å². The molecule has 2 saturated heterocycles. The predicted molar refractivity (Wildman–Crippen MR) is 97.7 cm³/mol. The lowest BCUT2D eigenvalue weighted by Crippen LogP contribution is -2.52. The third-order valence-electron chi connectivity index (χ3n) is 4.68. The van der Waals surface area contributed by atoms with Crippen LogP contribution in [0.15, 0.2) is 29.2 Å². The molecule has 3 amide bonds. The molecule has 0 atom stereocenters. The van der Waals surface area contributed by atoms with E-state index in [0.29, 0.717) is 38.5 Å². The Kier molecular flexibility index (Phi) is 5.68. The minimum Gasteiger partial charge on any atom is -0.494 e. The normalized spacial score (nSPS) is 19.8. The van der Waals surface area contributed by atoms with Gasteiger partial charge in [-0.15, -0.1) is 0 Å². The highest BCUT2D eigenvalue weighted by atomic mass is 32.2. The number of ether oxygens (including phenoxy) is 1. The number of urea groups is 1. The number of benzene rings is 1. The molecule has 148 valence electrons. The van der Waals surface area contributed by atoms with Gasteiger partial charge < -0.3 is 9.64 Å². The molecule has 3 rings (SSSR count). The van der Waals surface area contributed by atoms with Crippen molar-refractivity contribution in [3.8, 4) is 5.75 Å². The topological polar surface area (TPSA) is 90.5 Å². The van der Waals surface area contributed by atoms with Gasteiger partial charge in [0.05, 0.1) is 18.2 Å². The summed E-state index contributed by atoms with van der Waals surface area (Å²) in [5.41, 5.74) is 0. The van der Waals surface area contributed by atoms with Gasteiger partial charge in [0.2, 0.25) is 10.0 Å². The molecule has 0 spiro atoms. The fourth-order valence-electron chi connectivity index (χ4n) is 3.14. The second kappa shape index (κ2) is 7.83. The zero-order chi connectivity index (χ0) is 19.6. The molecule has 2 heterocycles. The highest BCUT2D eigenvalue weighted by molar-refractivity contribution is 7.89. The molecule has 0 radical (unpaired) electrons. The van der Waals surface area contributed by atoms with Gasteiger partial charge in [0.1, 0.15) is 12.3 Å². The summed E-state index contributed by atoms with van der Waals surface area (Å²) < 4.78 is 32.4. The number of nitrogens with zero attached hydrogens (tertiary/aromatic N) is 4. The van der Waals surface area contributed by atoms with E-state index in [9.17, 15) is 18.0 Å². The van der Waals surface area contributed by atoms with Crippen LogP contribution in [0, 0.1) is 0 Å². The van der Waals surface area contributed by atoms with E-state index in [0.717, 1.165) is 0 Å². The Labute approximate surface area is 159 Å². The first kappa shape index (κ1) is 19.6. The summed E-state index contributed by atoms with van der Waals surface area (Å²) in [4.78, 5) is 28.6. The van der Waals surface area contributed by atoms with E-state index in [1.54, 1.807) is 31.3 Å². The number of amides is 3. The highest BCUT2D eigenvalue weighted by Gasteiger charge is 2.36. The fraction of sp³-hybridized carbons (Fsp3) is 0.529. The molecule has 10 heteroatoms. The monoisotopic (exact) mass is 396 g/mol. The summed E-state index contributed by atoms with van der Waals surface area (Å²) in [5.74, 6) is 0.401. The molecule has 0 saturated carbocycles. The zero-order valence-electron chi connectivity index (χ0n) is 15.5. The molecule has 0 unspecified atom stereocenters. The van der Waals surface area contributed by atoms with Crippen molar-refractivity contribution >= 4 is 22.0 Å². The Morgan fingerprint density at radius 1 is 1.04 bits per heavy atom. The first-order valence-corrected chi connectivity index (χ1v) is 10.3. The van der Waals surface area contributed by atoms with E-state index in [2.05, 4.69) is 0 Å². The molecular weight excluding hydrogens is 372 g/mol. The third kappa shape index (κ3) is 4.07. The van der Waals surface area contributed by atoms with E-state index >= 15 is 0 Å². The molecule has 9 nitrogen and oxygen atoms in total. The van der Waals surface area contributed by atoms with Gasteiger partial charge in [0, 0.05) is 33.2 Å². The van der Waals surface area contributed by atoms with Crippen molar-refractivity contribution in [2.45, 2.75) is 11.8 Å². The number of piperazine rings is 1. The summed E-state index contributed by atoms with van der Waals surface area (Å²) in [6.45, 7) is 4.19. The van der Waals surface area contributed by atoms with Crippen molar-refractivity contribution in [1.29, 1.82) is 0 Å². The van der Waals surface area contributed by atoms with Crippen molar-refractivity contribution in [3.05, 3.63) is 24.3 Å². The van der Waals surface area contributed by atoms with E-state index in [1.807, 2.05) is 11.8 Å².